The van der Waals surface area contributed by atoms with Crippen LogP contribution in [0.3, 0.4) is 0 Å². The van der Waals surface area contributed by atoms with Gasteiger partial charge in [-0.15, -0.1) is 0 Å². The normalized spacial score (nSPS) is 12.5. The Morgan fingerprint density at radius 2 is 1.62 bits per heavy atom. The van der Waals surface area contributed by atoms with Gasteiger partial charge in [0.25, 0.3) is 0 Å². The van der Waals surface area contributed by atoms with E-state index in [2.05, 4.69) is 15.3 Å². The molecule has 5 nitrogen and oxygen atoms in total. The van der Waals surface area contributed by atoms with Gasteiger partial charge in [-0.2, -0.15) is 30.7 Å². The standard InChI is InChI=1S/C22H18F4N4S.C2HF3O/c23-20-9-16-8-14(3-4-15(16)10-28-20)19-12-30-21(31-19)29-11-18(27)7-13-1-5-17(6-2-13)22(24,25)26;3-2(4,5)1-6/h1-6,8-10,12,18H,7,11,27H2,(H,29,30);1H/t18-;/m0./s1. The lowest BCUT2D eigenvalue weighted by Gasteiger charge is -2.13. The third-order valence-electron chi connectivity index (χ3n) is 4.91. The van der Waals surface area contributed by atoms with Gasteiger partial charge in [-0.3, -0.25) is 4.79 Å². The predicted molar refractivity (Wildman–Crippen MR) is 127 cm³/mol. The predicted octanol–water partition coefficient (Wildman–Crippen LogP) is 6.25. The Morgan fingerprint density at radius 3 is 2.24 bits per heavy atom. The minimum absolute atomic E-state index is 0.291. The SMILES string of the molecule is N[C@H](CNc1ncc(-c2ccc3cnc(F)cc3c2)s1)Cc1ccc(C(F)(F)F)cc1.O=CC(F)(F)F. The summed E-state index contributed by atoms with van der Waals surface area (Å²) < 4.78 is 82.6. The Balaban J connectivity index is 0.000000568. The molecular formula is C24H19F7N4OS. The van der Waals surface area contributed by atoms with Crippen molar-refractivity contribution >= 4 is 33.5 Å². The molecule has 0 bridgehead atoms. The largest absolute Gasteiger partial charge is 0.446 e. The third-order valence-corrected chi connectivity index (χ3v) is 5.91. The zero-order chi connectivity index (χ0) is 27.2. The second-order valence-electron chi connectivity index (χ2n) is 7.80. The number of nitrogens with two attached hydrogens (primary N) is 1. The minimum atomic E-state index is -4.64. The molecule has 0 fully saturated rings. The number of pyridine rings is 1. The van der Waals surface area contributed by atoms with Crippen LogP contribution in [0, 0.1) is 5.95 Å². The first-order valence-corrected chi connectivity index (χ1v) is 11.4. The summed E-state index contributed by atoms with van der Waals surface area (Å²) in [7, 11) is 0. The van der Waals surface area contributed by atoms with E-state index in [0.29, 0.717) is 18.1 Å². The summed E-state index contributed by atoms with van der Waals surface area (Å²) in [5.41, 5.74) is 7.10. The van der Waals surface area contributed by atoms with Gasteiger partial charge < -0.3 is 11.1 Å². The van der Waals surface area contributed by atoms with Gasteiger partial charge in [0, 0.05) is 36.4 Å². The number of thiazole rings is 1. The molecule has 0 aliphatic heterocycles. The second-order valence-corrected chi connectivity index (χ2v) is 8.83. The number of fused-ring (bicyclic) bond motifs is 1. The van der Waals surface area contributed by atoms with Crippen LogP contribution in [0.15, 0.2) is 60.9 Å². The highest BCUT2D eigenvalue weighted by Crippen LogP contribution is 2.31. The first-order chi connectivity index (χ1) is 17.3. The van der Waals surface area contributed by atoms with E-state index >= 15 is 0 Å². The van der Waals surface area contributed by atoms with E-state index in [-0.39, 0.29) is 6.04 Å². The van der Waals surface area contributed by atoms with Crippen molar-refractivity contribution in [3.8, 4) is 10.4 Å². The molecule has 0 amide bonds. The van der Waals surface area contributed by atoms with Gasteiger partial charge in [0.2, 0.25) is 12.2 Å². The molecule has 0 aliphatic rings. The summed E-state index contributed by atoms with van der Waals surface area (Å²) in [6.45, 7) is 0.419. The van der Waals surface area contributed by atoms with Crippen LogP contribution >= 0.6 is 11.3 Å². The second kappa shape index (κ2) is 11.6. The molecule has 196 valence electrons. The lowest BCUT2D eigenvalue weighted by Crippen LogP contribution is -2.31. The molecule has 0 saturated carbocycles. The molecule has 13 heteroatoms. The number of anilines is 1. The van der Waals surface area contributed by atoms with Gasteiger partial charge in [-0.1, -0.05) is 35.6 Å². The van der Waals surface area contributed by atoms with Crippen LogP contribution in [0.5, 0.6) is 0 Å². The number of hydrogen-bond donors (Lipinski definition) is 2. The number of halogens is 7. The maximum atomic E-state index is 13.4. The van der Waals surface area contributed by atoms with Crippen LogP contribution in [-0.2, 0) is 17.4 Å². The van der Waals surface area contributed by atoms with Gasteiger partial charge in [0.1, 0.15) is 0 Å². The van der Waals surface area contributed by atoms with E-state index in [9.17, 15) is 30.7 Å². The molecule has 0 saturated heterocycles. The molecular weight excluding hydrogens is 525 g/mol. The monoisotopic (exact) mass is 544 g/mol. The molecule has 2 aromatic heterocycles. The molecule has 0 aliphatic carbocycles. The van der Waals surface area contributed by atoms with Gasteiger partial charge in [-0.05, 0) is 41.1 Å². The quantitative estimate of drug-likeness (QED) is 0.171. The Kier molecular flexibility index (Phi) is 8.81. The fraction of sp³-hybridized carbons (Fsp3) is 0.208. The molecule has 4 rings (SSSR count). The van der Waals surface area contributed by atoms with Crippen LogP contribution in [0.1, 0.15) is 11.1 Å². The molecule has 0 unspecified atom stereocenters. The highest BCUT2D eigenvalue weighted by Gasteiger charge is 2.30. The van der Waals surface area contributed by atoms with Crippen LogP contribution in [0.4, 0.5) is 35.9 Å². The highest BCUT2D eigenvalue weighted by atomic mass is 32.1. The van der Waals surface area contributed by atoms with Gasteiger partial charge in [0.15, 0.2) is 5.13 Å². The molecule has 1 atom stereocenters. The maximum Gasteiger partial charge on any atom is 0.446 e. The highest BCUT2D eigenvalue weighted by molar-refractivity contribution is 7.18. The molecule has 3 N–H and O–H groups in total. The van der Waals surface area contributed by atoms with E-state index in [0.717, 1.165) is 38.9 Å². The summed E-state index contributed by atoms with van der Waals surface area (Å²) in [5.74, 6) is -0.529. The van der Waals surface area contributed by atoms with Crippen LogP contribution in [0.2, 0.25) is 0 Å². The summed E-state index contributed by atoms with van der Waals surface area (Å²) >= 11 is 1.44. The molecule has 37 heavy (non-hydrogen) atoms. The van der Waals surface area contributed by atoms with Crippen LogP contribution in [0.25, 0.3) is 21.2 Å². The lowest BCUT2D eigenvalue weighted by molar-refractivity contribution is -0.156. The van der Waals surface area contributed by atoms with Gasteiger partial charge in [-0.25, -0.2) is 9.97 Å². The van der Waals surface area contributed by atoms with Crippen molar-refractivity contribution in [2.75, 3.05) is 11.9 Å². The zero-order valence-corrected chi connectivity index (χ0v) is 19.6. The summed E-state index contributed by atoms with van der Waals surface area (Å²) in [6.07, 6.45) is -6.39. The van der Waals surface area contributed by atoms with E-state index in [4.69, 9.17) is 10.5 Å². The number of nitrogens with one attached hydrogen (secondary N) is 1. The topological polar surface area (TPSA) is 80.9 Å². The molecule has 2 aromatic carbocycles. The van der Waals surface area contributed by atoms with Crippen LogP contribution in [-0.4, -0.2) is 35.0 Å². The molecule has 0 spiro atoms. The van der Waals surface area contributed by atoms with E-state index in [1.165, 1.54) is 35.7 Å². The fourth-order valence-corrected chi connectivity index (χ4v) is 4.00. The average molecular weight is 544 g/mol. The van der Waals surface area contributed by atoms with Gasteiger partial charge in [0.05, 0.1) is 10.4 Å². The lowest BCUT2D eigenvalue weighted by atomic mass is 10.0. The molecule has 2 heterocycles. The van der Waals surface area contributed by atoms with Gasteiger partial charge >= 0.3 is 12.4 Å². The number of carbonyl (C=O) groups is 1. The first-order valence-electron chi connectivity index (χ1n) is 10.5. The average Bonchev–Trinajstić information content (AvgIpc) is 3.31. The number of benzene rings is 2. The number of alkyl halides is 6. The maximum absolute atomic E-state index is 13.4. The number of aromatic nitrogens is 2. The smallest absolute Gasteiger partial charge is 0.360 e. The van der Waals surface area contributed by atoms with Crippen molar-refractivity contribution < 1.29 is 35.5 Å². The van der Waals surface area contributed by atoms with Crippen molar-refractivity contribution in [2.45, 2.75) is 24.8 Å². The fourth-order valence-electron chi connectivity index (χ4n) is 3.18. The van der Waals surface area contributed by atoms with Crippen molar-refractivity contribution in [1.82, 2.24) is 9.97 Å². The van der Waals surface area contributed by atoms with Crippen molar-refractivity contribution in [1.29, 1.82) is 0 Å². The minimum Gasteiger partial charge on any atom is -0.360 e. The Bertz CT molecular complexity index is 1340. The number of carbonyl (C=O) groups excluding carboxylic acids is 1. The Morgan fingerprint density at radius 1 is 0.946 bits per heavy atom. The van der Waals surface area contributed by atoms with E-state index < -0.39 is 30.1 Å². The summed E-state index contributed by atoms with van der Waals surface area (Å²) in [5, 5.41) is 5.45. The summed E-state index contributed by atoms with van der Waals surface area (Å²) in [6, 6.07) is 11.8. The summed E-state index contributed by atoms with van der Waals surface area (Å²) in [4.78, 5) is 17.6. The number of rotatable bonds is 6. The van der Waals surface area contributed by atoms with Crippen molar-refractivity contribution in [3.63, 3.8) is 0 Å². The Hall–Kier alpha value is -3.58. The van der Waals surface area contributed by atoms with E-state index in [1.807, 2.05) is 18.2 Å². The third kappa shape index (κ3) is 8.50. The van der Waals surface area contributed by atoms with Crippen molar-refractivity contribution in [2.24, 2.45) is 5.73 Å². The van der Waals surface area contributed by atoms with E-state index in [1.54, 1.807) is 6.20 Å². The first kappa shape index (κ1) is 28.0. The number of hydrogen-bond acceptors (Lipinski definition) is 6. The number of nitrogens with zero attached hydrogens (tertiary/aromatic N) is 2. The Labute approximate surface area is 210 Å². The van der Waals surface area contributed by atoms with Crippen LogP contribution < -0.4 is 11.1 Å². The zero-order valence-electron chi connectivity index (χ0n) is 18.8. The number of aldehydes is 1. The van der Waals surface area contributed by atoms with Crippen molar-refractivity contribution in [3.05, 3.63) is 78.0 Å². The molecule has 4 aromatic rings. The molecule has 0 radical (unpaired) electrons.